The number of amides is 2. The standard InChI is InChI=1S/C36H39ClFN3O5S/c1-4-26(3)39-36(43)34(23-27-9-7-6-8-10-27)40(24-28-11-13-29(37)14-12-28)35(42)25-41(31-17-19-32(20-18-31)46-5-2)47(44,45)33-21-15-30(38)16-22-33/h6-22,26,34H,4-5,23-25H2,1-3H3,(H,39,43)/t26-,34-/m1/s1. The molecule has 4 aromatic carbocycles. The summed E-state index contributed by atoms with van der Waals surface area (Å²) in [6.45, 7) is 5.44. The Balaban J connectivity index is 1.80. The fourth-order valence-electron chi connectivity index (χ4n) is 4.92. The predicted molar refractivity (Wildman–Crippen MR) is 182 cm³/mol. The van der Waals surface area contributed by atoms with Gasteiger partial charge in [-0.2, -0.15) is 0 Å². The summed E-state index contributed by atoms with van der Waals surface area (Å²) in [5.41, 5.74) is 1.72. The molecule has 2 amide bonds. The van der Waals surface area contributed by atoms with Crippen LogP contribution in [-0.4, -0.2) is 50.4 Å². The van der Waals surface area contributed by atoms with Gasteiger partial charge < -0.3 is 15.0 Å². The molecule has 0 saturated heterocycles. The van der Waals surface area contributed by atoms with E-state index in [1.165, 1.54) is 4.90 Å². The van der Waals surface area contributed by atoms with Crippen LogP contribution in [0.25, 0.3) is 0 Å². The van der Waals surface area contributed by atoms with Crippen molar-refractivity contribution in [1.82, 2.24) is 10.2 Å². The summed E-state index contributed by atoms with van der Waals surface area (Å²) >= 11 is 6.14. The topological polar surface area (TPSA) is 96.0 Å². The Morgan fingerprint density at radius 2 is 1.51 bits per heavy atom. The summed E-state index contributed by atoms with van der Waals surface area (Å²) in [7, 11) is -4.37. The zero-order chi connectivity index (χ0) is 34.0. The third-order valence-corrected chi connectivity index (χ3v) is 9.69. The number of carbonyl (C=O) groups is 2. The first-order chi connectivity index (χ1) is 22.5. The molecule has 2 atom stereocenters. The van der Waals surface area contributed by atoms with Gasteiger partial charge in [-0.15, -0.1) is 0 Å². The molecule has 0 spiro atoms. The molecule has 11 heteroatoms. The van der Waals surface area contributed by atoms with Crippen molar-refractivity contribution in [1.29, 1.82) is 0 Å². The monoisotopic (exact) mass is 679 g/mol. The summed E-state index contributed by atoms with van der Waals surface area (Å²) in [6.07, 6.45) is 0.868. The maximum atomic E-state index is 14.5. The summed E-state index contributed by atoms with van der Waals surface area (Å²) in [5, 5.41) is 3.52. The number of nitrogens with one attached hydrogen (secondary N) is 1. The van der Waals surface area contributed by atoms with E-state index < -0.39 is 34.3 Å². The highest BCUT2D eigenvalue weighted by Crippen LogP contribution is 2.27. The molecule has 1 N–H and O–H groups in total. The quantitative estimate of drug-likeness (QED) is 0.152. The first kappa shape index (κ1) is 35.4. The van der Waals surface area contributed by atoms with Crippen molar-refractivity contribution in [2.45, 2.75) is 57.1 Å². The van der Waals surface area contributed by atoms with Crippen LogP contribution in [0.15, 0.2) is 108 Å². The third-order valence-electron chi connectivity index (χ3n) is 7.65. The van der Waals surface area contributed by atoms with Crippen molar-refractivity contribution in [3.63, 3.8) is 0 Å². The van der Waals surface area contributed by atoms with Crippen LogP contribution < -0.4 is 14.4 Å². The minimum atomic E-state index is -4.37. The Morgan fingerprint density at radius 1 is 0.872 bits per heavy atom. The summed E-state index contributed by atoms with van der Waals surface area (Å²) in [6, 6.07) is 25.8. The van der Waals surface area contributed by atoms with Crippen molar-refractivity contribution in [3.05, 3.63) is 125 Å². The highest BCUT2D eigenvalue weighted by molar-refractivity contribution is 7.92. The van der Waals surface area contributed by atoms with Crippen molar-refractivity contribution < 1.29 is 27.1 Å². The molecule has 0 heterocycles. The molecular weight excluding hydrogens is 641 g/mol. The molecule has 8 nitrogen and oxygen atoms in total. The summed E-state index contributed by atoms with van der Waals surface area (Å²) in [5.74, 6) is -1.05. The number of carbonyl (C=O) groups excluding carboxylic acids is 2. The summed E-state index contributed by atoms with van der Waals surface area (Å²) in [4.78, 5) is 29.6. The maximum Gasteiger partial charge on any atom is 0.264 e. The smallest absolute Gasteiger partial charge is 0.264 e. The second-order valence-electron chi connectivity index (χ2n) is 11.1. The van der Waals surface area contributed by atoms with Gasteiger partial charge in [-0.1, -0.05) is 61.0 Å². The van der Waals surface area contributed by atoms with Crippen molar-refractivity contribution in [2.75, 3.05) is 17.5 Å². The number of benzene rings is 4. The first-order valence-electron chi connectivity index (χ1n) is 15.4. The zero-order valence-corrected chi connectivity index (χ0v) is 28.2. The number of halogens is 2. The second kappa shape index (κ2) is 16.4. The normalized spacial score (nSPS) is 12.5. The molecule has 0 aliphatic rings. The van der Waals surface area contributed by atoms with Crippen LogP contribution in [0.5, 0.6) is 5.75 Å². The second-order valence-corrected chi connectivity index (χ2v) is 13.4. The number of hydrogen-bond acceptors (Lipinski definition) is 5. The summed E-state index contributed by atoms with van der Waals surface area (Å²) < 4.78 is 48.5. The number of sulfonamides is 1. The molecule has 0 radical (unpaired) electrons. The molecule has 0 aromatic heterocycles. The maximum absolute atomic E-state index is 14.5. The molecule has 4 aromatic rings. The van der Waals surface area contributed by atoms with Gasteiger partial charge in [0.1, 0.15) is 24.2 Å². The minimum Gasteiger partial charge on any atom is -0.494 e. The molecule has 0 saturated carbocycles. The van der Waals surface area contributed by atoms with E-state index >= 15 is 0 Å². The van der Waals surface area contributed by atoms with E-state index in [9.17, 15) is 22.4 Å². The Labute approximate surface area is 281 Å². The number of ether oxygens (including phenoxy) is 1. The van der Waals surface area contributed by atoms with E-state index in [0.29, 0.717) is 29.4 Å². The van der Waals surface area contributed by atoms with E-state index in [2.05, 4.69) is 5.32 Å². The van der Waals surface area contributed by atoms with Crippen LogP contribution in [0.4, 0.5) is 10.1 Å². The zero-order valence-electron chi connectivity index (χ0n) is 26.6. The van der Waals surface area contributed by atoms with Crippen molar-refractivity contribution in [3.8, 4) is 5.75 Å². The van der Waals surface area contributed by atoms with Crippen molar-refractivity contribution >= 4 is 39.1 Å². The lowest BCUT2D eigenvalue weighted by Crippen LogP contribution is -2.54. The van der Waals surface area contributed by atoms with E-state index in [1.54, 1.807) is 48.5 Å². The lowest BCUT2D eigenvalue weighted by molar-refractivity contribution is -0.140. The third kappa shape index (κ3) is 9.56. The lowest BCUT2D eigenvalue weighted by Gasteiger charge is -2.34. The number of hydrogen-bond donors (Lipinski definition) is 1. The van der Waals surface area contributed by atoms with Crippen LogP contribution in [0.3, 0.4) is 0 Å². The van der Waals surface area contributed by atoms with Crippen LogP contribution >= 0.6 is 11.6 Å². The Bertz CT molecular complexity index is 1720. The number of rotatable bonds is 15. The fourth-order valence-corrected chi connectivity index (χ4v) is 6.46. The van der Waals surface area contributed by atoms with Gasteiger partial charge >= 0.3 is 0 Å². The van der Waals surface area contributed by atoms with Crippen LogP contribution in [0.2, 0.25) is 5.02 Å². The van der Waals surface area contributed by atoms with Gasteiger partial charge in [-0.25, -0.2) is 12.8 Å². The molecule has 4 rings (SSSR count). The molecule has 47 heavy (non-hydrogen) atoms. The lowest BCUT2D eigenvalue weighted by atomic mass is 10.0. The van der Waals surface area contributed by atoms with Crippen LogP contribution in [0.1, 0.15) is 38.3 Å². The Kier molecular flexibility index (Phi) is 12.4. The molecule has 0 fully saturated rings. The van der Waals surface area contributed by atoms with Crippen molar-refractivity contribution in [2.24, 2.45) is 0 Å². The number of nitrogens with zero attached hydrogens (tertiary/aromatic N) is 2. The largest absolute Gasteiger partial charge is 0.494 e. The average Bonchev–Trinajstić information content (AvgIpc) is 3.07. The van der Waals surface area contributed by atoms with Gasteiger partial charge in [0.2, 0.25) is 11.8 Å². The van der Waals surface area contributed by atoms with Gasteiger partial charge in [-0.05, 0) is 92.1 Å². The van der Waals surface area contributed by atoms with Gasteiger partial charge in [0.15, 0.2) is 0 Å². The molecule has 0 aliphatic heterocycles. The minimum absolute atomic E-state index is 0.00907. The molecule has 248 valence electrons. The Morgan fingerprint density at radius 3 is 2.11 bits per heavy atom. The number of anilines is 1. The predicted octanol–water partition coefficient (Wildman–Crippen LogP) is 6.63. The van der Waals surface area contributed by atoms with Crippen LogP contribution in [0, 0.1) is 5.82 Å². The SMILES string of the molecule is CCOc1ccc(N(CC(=O)N(Cc2ccc(Cl)cc2)[C@H](Cc2ccccc2)C(=O)N[C@H](C)CC)S(=O)(=O)c2ccc(F)cc2)cc1. The van der Waals surface area contributed by atoms with E-state index in [0.717, 1.165) is 34.1 Å². The molecule has 0 unspecified atom stereocenters. The van der Waals surface area contributed by atoms with E-state index in [1.807, 2.05) is 51.1 Å². The molecule has 0 bridgehead atoms. The average molecular weight is 680 g/mol. The highest BCUT2D eigenvalue weighted by Gasteiger charge is 2.35. The molecular formula is C36H39ClFN3O5S. The van der Waals surface area contributed by atoms with Gasteiger partial charge in [0.25, 0.3) is 10.0 Å². The van der Waals surface area contributed by atoms with E-state index in [4.69, 9.17) is 16.3 Å². The van der Waals surface area contributed by atoms with Gasteiger partial charge in [0, 0.05) is 24.0 Å². The fraction of sp³-hybridized carbons (Fsp3) is 0.278. The van der Waals surface area contributed by atoms with Gasteiger partial charge in [-0.3, -0.25) is 13.9 Å². The Hall–Kier alpha value is -4.41. The van der Waals surface area contributed by atoms with Crippen LogP contribution in [-0.2, 0) is 32.6 Å². The molecule has 0 aliphatic carbocycles. The van der Waals surface area contributed by atoms with E-state index in [-0.39, 0.29) is 35.5 Å². The highest BCUT2D eigenvalue weighted by atomic mass is 35.5. The first-order valence-corrected chi connectivity index (χ1v) is 17.2. The van der Waals surface area contributed by atoms with Gasteiger partial charge in [0.05, 0.1) is 17.2 Å².